The highest BCUT2D eigenvalue weighted by Gasteiger charge is 2.47. The van der Waals surface area contributed by atoms with Crippen molar-refractivity contribution in [2.45, 2.75) is 32.3 Å². The van der Waals surface area contributed by atoms with Crippen LogP contribution in [0, 0.1) is 22.6 Å². The topological polar surface area (TPSA) is 94.3 Å². The lowest BCUT2D eigenvalue weighted by Crippen LogP contribution is -2.41. The SMILES string of the molecule is CN1C=C(c2cc(F)cnc2[C@@]2(O)C=C(C#N)C(=O)C(C)(C)C2)CC1=O. The molecule has 2 aliphatic rings. The minimum atomic E-state index is -1.73. The molecule has 0 unspecified atom stereocenters. The minimum Gasteiger partial charge on any atom is -0.379 e. The Labute approximate surface area is 150 Å². The number of nitrogens with zero attached hydrogens (tertiary/aromatic N) is 3. The van der Waals surface area contributed by atoms with E-state index < -0.39 is 16.8 Å². The van der Waals surface area contributed by atoms with Gasteiger partial charge in [-0.3, -0.25) is 14.6 Å². The van der Waals surface area contributed by atoms with Gasteiger partial charge in [0.25, 0.3) is 0 Å². The van der Waals surface area contributed by atoms with Crippen LogP contribution in [0.2, 0.25) is 0 Å². The molecule has 1 aromatic heterocycles. The number of carbonyl (C=O) groups is 2. The van der Waals surface area contributed by atoms with Crippen LogP contribution in [0.1, 0.15) is 37.9 Å². The molecule has 1 aromatic rings. The largest absolute Gasteiger partial charge is 0.379 e. The molecule has 3 rings (SSSR count). The van der Waals surface area contributed by atoms with E-state index in [2.05, 4.69) is 4.98 Å². The fourth-order valence-corrected chi connectivity index (χ4v) is 3.54. The van der Waals surface area contributed by atoms with Crippen molar-refractivity contribution in [3.63, 3.8) is 0 Å². The Kier molecular flexibility index (Phi) is 4.04. The first-order valence-corrected chi connectivity index (χ1v) is 8.10. The Morgan fingerprint density at radius 3 is 2.65 bits per heavy atom. The van der Waals surface area contributed by atoms with E-state index in [0.29, 0.717) is 11.1 Å². The van der Waals surface area contributed by atoms with Crippen LogP contribution in [-0.2, 0) is 15.2 Å². The van der Waals surface area contributed by atoms with E-state index in [0.717, 1.165) is 6.20 Å². The lowest BCUT2D eigenvalue weighted by Gasteiger charge is -2.38. The van der Waals surface area contributed by atoms with Gasteiger partial charge in [0, 0.05) is 24.2 Å². The number of amides is 1. The molecule has 1 atom stereocenters. The molecule has 0 bridgehead atoms. The van der Waals surface area contributed by atoms with Gasteiger partial charge in [0.15, 0.2) is 5.78 Å². The standard InChI is InChI=1S/C19H18FN3O3/c1-18(2)10-19(26,6-12(7-21)17(18)25)16-14(5-13(20)8-22-16)11-4-15(24)23(3)9-11/h5-6,8-9,26H,4,10H2,1-3H3/t19-/m1/s1. The molecule has 1 amide bonds. The minimum absolute atomic E-state index is 0.00723. The summed E-state index contributed by atoms with van der Waals surface area (Å²) in [6.07, 6.45) is 3.78. The number of allylic oxidation sites excluding steroid dienone is 1. The molecular formula is C19H18FN3O3. The van der Waals surface area contributed by atoms with Crippen LogP contribution in [0.15, 0.2) is 30.1 Å². The summed E-state index contributed by atoms with van der Waals surface area (Å²) in [6, 6.07) is 3.03. The quantitative estimate of drug-likeness (QED) is 0.876. The second kappa shape index (κ2) is 5.85. The van der Waals surface area contributed by atoms with Crippen molar-refractivity contribution in [3.05, 3.63) is 47.2 Å². The van der Waals surface area contributed by atoms with Gasteiger partial charge in [0.2, 0.25) is 5.91 Å². The molecule has 0 spiro atoms. The van der Waals surface area contributed by atoms with Gasteiger partial charge in [-0.15, -0.1) is 0 Å². The Hall–Kier alpha value is -2.85. The Bertz CT molecular complexity index is 926. The molecule has 134 valence electrons. The van der Waals surface area contributed by atoms with Crippen molar-refractivity contribution in [1.29, 1.82) is 5.26 Å². The van der Waals surface area contributed by atoms with Gasteiger partial charge >= 0.3 is 0 Å². The Balaban J connectivity index is 2.20. The highest BCUT2D eigenvalue weighted by atomic mass is 19.1. The molecule has 1 aliphatic carbocycles. The molecule has 26 heavy (non-hydrogen) atoms. The van der Waals surface area contributed by atoms with Crippen molar-refractivity contribution in [2.24, 2.45) is 5.41 Å². The molecule has 0 saturated carbocycles. The second-order valence-electron chi connectivity index (χ2n) is 7.37. The molecule has 1 N–H and O–H groups in total. The molecule has 0 fully saturated rings. The van der Waals surface area contributed by atoms with E-state index in [9.17, 15) is 24.3 Å². The predicted molar refractivity (Wildman–Crippen MR) is 90.6 cm³/mol. The zero-order chi connectivity index (χ0) is 19.3. The molecule has 6 nitrogen and oxygen atoms in total. The predicted octanol–water partition coefficient (Wildman–Crippen LogP) is 2.06. The summed E-state index contributed by atoms with van der Waals surface area (Å²) in [5, 5.41) is 20.5. The van der Waals surface area contributed by atoms with Gasteiger partial charge < -0.3 is 10.0 Å². The third kappa shape index (κ3) is 2.82. The average Bonchev–Trinajstić information content (AvgIpc) is 2.89. The number of Topliss-reactive ketones (excluding diaryl/α,β-unsaturated/α-hetero) is 1. The van der Waals surface area contributed by atoms with Crippen LogP contribution in [0.5, 0.6) is 0 Å². The first-order valence-electron chi connectivity index (χ1n) is 8.10. The number of hydrogen-bond acceptors (Lipinski definition) is 5. The fourth-order valence-electron chi connectivity index (χ4n) is 3.54. The molecular weight excluding hydrogens is 337 g/mol. The fraction of sp³-hybridized carbons (Fsp3) is 0.368. The number of nitriles is 1. The van der Waals surface area contributed by atoms with Gasteiger partial charge in [-0.1, -0.05) is 13.8 Å². The number of ketones is 1. The summed E-state index contributed by atoms with van der Waals surface area (Å²) < 4.78 is 13.9. The van der Waals surface area contributed by atoms with Crippen molar-refractivity contribution in [2.75, 3.05) is 7.05 Å². The van der Waals surface area contributed by atoms with E-state index in [1.807, 2.05) is 6.07 Å². The van der Waals surface area contributed by atoms with Gasteiger partial charge in [0.1, 0.15) is 17.5 Å². The van der Waals surface area contributed by atoms with Crippen LogP contribution in [0.4, 0.5) is 4.39 Å². The highest BCUT2D eigenvalue weighted by Crippen LogP contribution is 2.45. The molecule has 1 aliphatic heterocycles. The van der Waals surface area contributed by atoms with Gasteiger partial charge in [-0.05, 0) is 24.1 Å². The third-order valence-corrected chi connectivity index (χ3v) is 4.77. The molecule has 7 heteroatoms. The molecule has 0 radical (unpaired) electrons. The van der Waals surface area contributed by atoms with Crippen molar-refractivity contribution >= 4 is 17.3 Å². The van der Waals surface area contributed by atoms with Crippen molar-refractivity contribution in [1.82, 2.24) is 9.88 Å². The maximum absolute atomic E-state index is 13.9. The first-order chi connectivity index (χ1) is 12.1. The average molecular weight is 355 g/mol. The second-order valence-corrected chi connectivity index (χ2v) is 7.37. The number of aliphatic hydroxyl groups is 1. The first kappa shape index (κ1) is 18.0. The highest BCUT2D eigenvalue weighted by molar-refractivity contribution is 6.04. The summed E-state index contributed by atoms with van der Waals surface area (Å²) in [6.45, 7) is 3.28. The summed E-state index contributed by atoms with van der Waals surface area (Å²) in [4.78, 5) is 29.6. The van der Waals surface area contributed by atoms with Gasteiger partial charge in [-0.2, -0.15) is 5.26 Å². The summed E-state index contributed by atoms with van der Waals surface area (Å²) in [7, 11) is 1.59. The van der Waals surface area contributed by atoms with Crippen LogP contribution in [0.25, 0.3) is 5.57 Å². The lowest BCUT2D eigenvalue weighted by molar-refractivity contribution is -0.127. The van der Waals surface area contributed by atoms with Gasteiger partial charge in [-0.25, -0.2) is 4.39 Å². The summed E-state index contributed by atoms with van der Waals surface area (Å²) in [5.74, 6) is -1.12. The van der Waals surface area contributed by atoms with Crippen molar-refractivity contribution in [3.8, 4) is 6.07 Å². The maximum atomic E-state index is 13.9. The zero-order valence-electron chi connectivity index (χ0n) is 14.7. The molecule has 2 heterocycles. The zero-order valence-corrected chi connectivity index (χ0v) is 14.7. The summed E-state index contributed by atoms with van der Waals surface area (Å²) >= 11 is 0. The smallest absolute Gasteiger partial charge is 0.230 e. The van der Waals surface area contributed by atoms with E-state index in [-0.39, 0.29) is 35.8 Å². The Morgan fingerprint density at radius 2 is 2.08 bits per heavy atom. The molecule has 0 aromatic carbocycles. The number of pyridine rings is 1. The van der Waals surface area contributed by atoms with Crippen LogP contribution >= 0.6 is 0 Å². The van der Waals surface area contributed by atoms with E-state index in [1.54, 1.807) is 27.1 Å². The monoisotopic (exact) mass is 355 g/mol. The van der Waals surface area contributed by atoms with Crippen LogP contribution < -0.4 is 0 Å². The number of aromatic nitrogens is 1. The number of hydrogen-bond donors (Lipinski definition) is 1. The lowest BCUT2D eigenvalue weighted by atomic mass is 9.68. The number of rotatable bonds is 2. The molecule has 0 saturated heterocycles. The Morgan fingerprint density at radius 1 is 1.38 bits per heavy atom. The maximum Gasteiger partial charge on any atom is 0.230 e. The normalized spacial score (nSPS) is 25.0. The van der Waals surface area contributed by atoms with Crippen molar-refractivity contribution < 1.29 is 19.1 Å². The van der Waals surface area contributed by atoms with Crippen LogP contribution in [-0.4, -0.2) is 33.7 Å². The summed E-state index contributed by atoms with van der Waals surface area (Å²) in [5.41, 5.74) is -1.93. The van der Waals surface area contributed by atoms with Crippen LogP contribution in [0.3, 0.4) is 0 Å². The van der Waals surface area contributed by atoms with Gasteiger partial charge in [0.05, 0.1) is 23.9 Å². The van der Waals surface area contributed by atoms with E-state index in [4.69, 9.17) is 0 Å². The third-order valence-electron chi connectivity index (χ3n) is 4.77. The van der Waals surface area contributed by atoms with E-state index in [1.165, 1.54) is 17.0 Å². The van der Waals surface area contributed by atoms with E-state index >= 15 is 0 Å². The number of halogens is 1. The number of carbonyl (C=O) groups excluding carboxylic acids is 2.